The van der Waals surface area contributed by atoms with Gasteiger partial charge in [0.05, 0.1) is 6.42 Å². The Hall–Kier alpha value is -4.56. The topological polar surface area (TPSA) is 116 Å². The number of thioether (sulfide) groups is 1. The lowest BCUT2D eigenvalue weighted by atomic mass is 10.1. The number of hydrogen-bond donors (Lipinski definition) is 4. The standard InChI is InChI=1S/C29H24N2O5S/c32-25-16-13-22(18-24(25)29(35)36)31-28(34)27(20-9-5-2-6-10-20)37-23-14-11-21(12-15-23)30-26(33)17-19-7-3-1-4-8-19/h1-16,18,27,32H,17H2,(H,30,33)(H,31,34)(H,35,36). The van der Waals surface area contributed by atoms with Crippen LogP contribution in [0.25, 0.3) is 0 Å². The molecule has 0 radical (unpaired) electrons. The van der Waals surface area contributed by atoms with E-state index in [1.165, 1.54) is 30.0 Å². The van der Waals surface area contributed by atoms with Crippen LogP contribution in [0.3, 0.4) is 0 Å². The summed E-state index contributed by atoms with van der Waals surface area (Å²) in [5, 5.41) is 24.0. The average Bonchev–Trinajstić information content (AvgIpc) is 2.90. The van der Waals surface area contributed by atoms with Crippen molar-refractivity contribution in [3.63, 3.8) is 0 Å². The molecule has 7 nitrogen and oxygen atoms in total. The van der Waals surface area contributed by atoms with Gasteiger partial charge in [-0.3, -0.25) is 9.59 Å². The lowest BCUT2D eigenvalue weighted by Crippen LogP contribution is -2.19. The number of nitrogens with one attached hydrogen (secondary N) is 2. The van der Waals surface area contributed by atoms with Gasteiger partial charge >= 0.3 is 5.97 Å². The number of aromatic hydroxyl groups is 1. The minimum Gasteiger partial charge on any atom is -0.507 e. The van der Waals surface area contributed by atoms with Gasteiger partial charge in [0.15, 0.2) is 0 Å². The van der Waals surface area contributed by atoms with Gasteiger partial charge < -0.3 is 20.8 Å². The zero-order valence-electron chi connectivity index (χ0n) is 19.6. The van der Waals surface area contributed by atoms with Crippen molar-refractivity contribution in [3.05, 3.63) is 120 Å². The van der Waals surface area contributed by atoms with Gasteiger partial charge in [-0.15, -0.1) is 11.8 Å². The van der Waals surface area contributed by atoms with Crippen molar-refractivity contribution in [2.75, 3.05) is 10.6 Å². The third-order valence-electron chi connectivity index (χ3n) is 5.43. The first-order valence-electron chi connectivity index (χ1n) is 11.4. The van der Waals surface area contributed by atoms with Gasteiger partial charge in [-0.2, -0.15) is 0 Å². The summed E-state index contributed by atoms with van der Waals surface area (Å²) in [7, 11) is 0. The molecule has 4 N–H and O–H groups in total. The fourth-order valence-corrected chi connectivity index (χ4v) is 4.66. The van der Waals surface area contributed by atoms with Crippen molar-refractivity contribution >= 4 is 40.9 Å². The first kappa shape index (κ1) is 25.5. The summed E-state index contributed by atoms with van der Waals surface area (Å²) < 4.78 is 0. The highest BCUT2D eigenvalue weighted by molar-refractivity contribution is 8.00. The Bertz CT molecular complexity index is 1390. The van der Waals surface area contributed by atoms with E-state index in [0.29, 0.717) is 5.69 Å². The van der Waals surface area contributed by atoms with Gasteiger partial charge in [0.25, 0.3) is 0 Å². The summed E-state index contributed by atoms with van der Waals surface area (Å²) in [4.78, 5) is 37.8. The largest absolute Gasteiger partial charge is 0.507 e. The van der Waals surface area contributed by atoms with E-state index in [-0.39, 0.29) is 35.2 Å². The number of aromatic carboxylic acids is 1. The molecule has 0 aliphatic rings. The molecule has 0 fully saturated rings. The monoisotopic (exact) mass is 512 g/mol. The third kappa shape index (κ3) is 6.99. The molecule has 37 heavy (non-hydrogen) atoms. The molecule has 4 aromatic rings. The highest BCUT2D eigenvalue weighted by Crippen LogP contribution is 2.37. The number of amides is 2. The third-order valence-corrected chi connectivity index (χ3v) is 6.70. The van der Waals surface area contributed by atoms with Crippen LogP contribution in [0.4, 0.5) is 11.4 Å². The van der Waals surface area contributed by atoms with E-state index in [0.717, 1.165) is 16.0 Å². The summed E-state index contributed by atoms with van der Waals surface area (Å²) >= 11 is 1.32. The predicted octanol–water partition coefficient (Wildman–Crippen LogP) is 5.74. The minimum atomic E-state index is -1.29. The lowest BCUT2D eigenvalue weighted by Gasteiger charge is -2.18. The van der Waals surface area contributed by atoms with E-state index in [2.05, 4.69) is 10.6 Å². The molecule has 0 saturated heterocycles. The number of anilines is 2. The average molecular weight is 513 g/mol. The van der Waals surface area contributed by atoms with Gasteiger partial charge in [0.2, 0.25) is 11.8 Å². The molecule has 1 atom stereocenters. The van der Waals surface area contributed by atoms with Crippen LogP contribution >= 0.6 is 11.8 Å². The molecule has 0 aromatic heterocycles. The van der Waals surface area contributed by atoms with Crippen LogP contribution in [0, 0.1) is 0 Å². The summed E-state index contributed by atoms with van der Waals surface area (Å²) in [5.74, 6) is -2.14. The molecular weight excluding hydrogens is 488 g/mol. The van der Waals surface area contributed by atoms with E-state index < -0.39 is 11.2 Å². The molecule has 0 saturated carbocycles. The highest BCUT2D eigenvalue weighted by atomic mass is 32.2. The van der Waals surface area contributed by atoms with Crippen molar-refractivity contribution in [2.24, 2.45) is 0 Å². The van der Waals surface area contributed by atoms with Crippen molar-refractivity contribution in [1.82, 2.24) is 0 Å². The maximum absolute atomic E-state index is 13.3. The van der Waals surface area contributed by atoms with Crippen LogP contribution in [0.1, 0.15) is 26.7 Å². The number of benzene rings is 4. The SMILES string of the molecule is O=C(Cc1ccccc1)Nc1ccc(SC(C(=O)Nc2ccc(O)c(C(=O)O)c2)c2ccccc2)cc1. The minimum absolute atomic E-state index is 0.122. The maximum atomic E-state index is 13.3. The number of phenols is 1. The zero-order valence-corrected chi connectivity index (χ0v) is 20.4. The molecule has 4 rings (SSSR count). The zero-order chi connectivity index (χ0) is 26.2. The first-order valence-corrected chi connectivity index (χ1v) is 12.3. The van der Waals surface area contributed by atoms with Gasteiger partial charge in [0.1, 0.15) is 16.6 Å². The number of carboxylic acid groups (broad SMARTS) is 1. The number of carboxylic acids is 1. The Kier molecular flexibility index (Phi) is 8.22. The molecule has 8 heteroatoms. The van der Waals surface area contributed by atoms with E-state index in [4.69, 9.17) is 0 Å². The quantitative estimate of drug-likeness (QED) is 0.168. The molecule has 0 aliphatic heterocycles. The molecule has 0 bridgehead atoms. The van der Waals surface area contributed by atoms with Crippen molar-refractivity contribution in [1.29, 1.82) is 0 Å². The van der Waals surface area contributed by atoms with Crippen molar-refractivity contribution < 1.29 is 24.6 Å². The van der Waals surface area contributed by atoms with Gasteiger partial charge in [-0.25, -0.2) is 4.79 Å². The lowest BCUT2D eigenvalue weighted by molar-refractivity contribution is -0.116. The van der Waals surface area contributed by atoms with E-state index in [1.54, 1.807) is 12.1 Å². The first-order chi connectivity index (χ1) is 17.9. The second-order valence-corrected chi connectivity index (χ2v) is 9.35. The Labute approximate surface area is 218 Å². The molecule has 0 aliphatic carbocycles. The summed E-state index contributed by atoms with van der Waals surface area (Å²) in [6.07, 6.45) is 0.272. The van der Waals surface area contributed by atoms with Crippen LogP contribution in [0.15, 0.2) is 108 Å². The second-order valence-electron chi connectivity index (χ2n) is 8.17. The molecule has 186 valence electrons. The van der Waals surface area contributed by atoms with Gasteiger partial charge in [-0.05, 0) is 53.6 Å². The number of carbonyl (C=O) groups is 3. The number of carbonyl (C=O) groups excluding carboxylic acids is 2. The number of hydrogen-bond acceptors (Lipinski definition) is 5. The van der Waals surface area contributed by atoms with Crippen molar-refractivity contribution in [2.45, 2.75) is 16.6 Å². The molecule has 2 amide bonds. The molecule has 0 spiro atoms. The molecule has 4 aromatic carbocycles. The Morgan fingerprint density at radius 2 is 1.38 bits per heavy atom. The summed E-state index contributed by atoms with van der Waals surface area (Å²) in [6, 6.07) is 29.8. The summed E-state index contributed by atoms with van der Waals surface area (Å²) in [5.41, 5.74) is 2.30. The fourth-order valence-electron chi connectivity index (χ4n) is 3.63. The maximum Gasteiger partial charge on any atom is 0.339 e. The molecule has 0 heterocycles. The molecule has 1 unspecified atom stereocenters. The Balaban J connectivity index is 1.47. The van der Waals surface area contributed by atoms with Gasteiger partial charge in [0, 0.05) is 16.3 Å². The fraction of sp³-hybridized carbons (Fsp3) is 0.0690. The smallest absolute Gasteiger partial charge is 0.339 e. The van der Waals surface area contributed by atoms with Gasteiger partial charge in [-0.1, -0.05) is 60.7 Å². The summed E-state index contributed by atoms with van der Waals surface area (Å²) in [6.45, 7) is 0. The van der Waals surface area contributed by atoms with Crippen LogP contribution in [-0.4, -0.2) is 28.0 Å². The number of rotatable bonds is 9. The van der Waals surface area contributed by atoms with E-state index in [9.17, 15) is 24.6 Å². The van der Waals surface area contributed by atoms with Crippen molar-refractivity contribution in [3.8, 4) is 5.75 Å². The Morgan fingerprint density at radius 3 is 2.03 bits per heavy atom. The van der Waals surface area contributed by atoms with E-state index >= 15 is 0 Å². The van der Waals surface area contributed by atoms with Crippen LogP contribution in [0.2, 0.25) is 0 Å². The predicted molar refractivity (Wildman–Crippen MR) is 144 cm³/mol. The van der Waals surface area contributed by atoms with Crippen LogP contribution < -0.4 is 10.6 Å². The van der Waals surface area contributed by atoms with Crippen LogP contribution in [0.5, 0.6) is 5.75 Å². The van der Waals surface area contributed by atoms with E-state index in [1.807, 2.05) is 72.8 Å². The highest BCUT2D eigenvalue weighted by Gasteiger charge is 2.23. The second kappa shape index (κ2) is 11.9. The Morgan fingerprint density at radius 1 is 0.757 bits per heavy atom. The molecular formula is C29H24N2O5S. The van der Waals surface area contributed by atoms with Crippen LogP contribution in [-0.2, 0) is 16.0 Å². The normalized spacial score (nSPS) is 11.4.